The van der Waals surface area contributed by atoms with Gasteiger partial charge < -0.3 is 15.1 Å². The molecule has 1 aliphatic rings. The molecule has 0 atom stereocenters. The number of likely N-dealkylation sites (N-methyl/N-ethyl adjacent to an activating group) is 1. The molecule has 7 nitrogen and oxygen atoms in total. The molecule has 4 rings (SSSR count). The molecule has 0 aliphatic carbocycles. The minimum Gasteiger partial charge on any atom is -0.369 e. The number of hydrogen-bond donors (Lipinski definition) is 1. The summed E-state index contributed by atoms with van der Waals surface area (Å²) in [5.41, 5.74) is 2.85. The van der Waals surface area contributed by atoms with E-state index in [1.54, 1.807) is 6.07 Å². The van der Waals surface area contributed by atoms with Gasteiger partial charge in [0.2, 0.25) is 5.91 Å². The average Bonchev–Trinajstić information content (AvgIpc) is 2.78. The standard InChI is InChI=1S/C23H27N5O2/c1-26-12-14-27(15-13-26)21-9-5-2-6-18(21)16-24-22(29)10-11-28-17-25-20-8-4-3-7-19(20)23(28)30/h2-9,17H,10-16H2,1H3,(H,24,29). The van der Waals surface area contributed by atoms with E-state index in [0.717, 1.165) is 31.7 Å². The number of benzene rings is 2. The number of carbonyl (C=O) groups is 1. The lowest BCUT2D eigenvalue weighted by molar-refractivity contribution is -0.121. The van der Waals surface area contributed by atoms with E-state index in [1.165, 1.54) is 16.6 Å². The molecule has 1 N–H and O–H groups in total. The molecule has 2 aromatic carbocycles. The Labute approximate surface area is 175 Å². The predicted octanol–water partition coefficient (Wildman–Crippen LogP) is 1.85. The highest BCUT2D eigenvalue weighted by molar-refractivity contribution is 5.77. The molecular weight excluding hydrogens is 378 g/mol. The highest BCUT2D eigenvalue weighted by Gasteiger charge is 2.17. The molecule has 1 saturated heterocycles. The maximum absolute atomic E-state index is 12.5. The van der Waals surface area contributed by atoms with Gasteiger partial charge in [-0.05, 0) is 30.8 Å². The number of hydrogen-bond acceptors (Lipinski definition) is 5. The largest absolute Gasteiger partial charge is 0.369 e. The molecule has 2 heterocycles. The molecule has 30 heavy (non-hydrogen) atoms. The Kier molecular flexibility index (Phi) is 6.09. The van der Waals surface area contributed by atoms with Crippen molar-refractivity contribution in [2.24, 2.45) is 0 Å². The zero-order valence-corrected chi connectivity index (χ0v) is 17.3. The minimum absolute atomic E-state index is 0.0803. The van der Waals surface area contributed by atoms with Crippen molar-refractivity contribution in [2.45, 2.75) is 19.5 Å². The van der Waals surface area contributed by atoms with E-state index < -0.39 is 0 Å². The normalized spacial score (nSPS) is 14.8. The fraction of sp³-hybridized carbons (Fsp3) is 0.348. The third kappa shape index (κ3) is 4.52. The van der Waals surface area contributed by atoms with Crippen molar-refractivity contribution in [3.8, 4) is 0 Å². The van der Waals surface area contributed by atoms with Crippen LogP contribution >= 0.6 is 0 Å². The van der Waals surface area contributed by atoms with Crippen LogP contribution in [0.15, 0.2) is 59.7 Å². The summed E-state index contributed by atoms with van der Waals surface area (Å²) < 4.78 is 1.50. The molecule has 7 heteroatoms. The first-order valence-corrected chi connectivity index (χ1v) is 10.3. The van der Waals surface area contributed by atoms with Crippen LogP contribution in [-0.2, 0) is 17.9 Å². The molecule has 3 aromatic rings. The number of rotatable bonds is 6. The van der Waals surface area contributed by atoms with Gasteiger partial charge >= 0.3 is 0 Å². The highest BCUT2D eigenvalue weighted by atomic mass is 16.1. The summed E-state index contributed by atoms with van der Waals surface area (Å²) in [7, 11) is 2.14. The first-order chi connectivity index (χ1) is 14.6. The van der Waals surface area contributed by atoms with Crippen molar-refractivity contribution in [1.82, 2.24) is 19.8 Å². The number of nitrogens with zero attached hydrogens (tertiary/aromatic N) is 4. The first-order valence-electron chi connectivity index (χ1n) is 10.3. The van der Waals surface area contributed by atoms with Gasteiger partial charge in [-0.25, -0.2) is 4.98 Å². The van der Waals surface area contributed by atoms with Crippen LogP contribution < -0.4 is 15.8 Å². The van der Waals surface area contributed by atoms with E-state index in [0.29, 0.717) is 24.0 Å². The average molecular weight is 406 g/mol. The smallest absolute Gasteiger partial charge is 0.261 e. The molecular formula is C23H27N5O2. The molecule has 1 fully saturated rings. The summed E-state index contributed by atoms with van der Waals surface area (Å²) in [5.74, 6) is -0.0803. The highest BCUT2D eigenvalue weighted by Crippen LogP contribution is 2.21. The van der Waals surface area contributed by atoms with Crippen molar-refractivity contribution in [2.75, 3.05) is 38.1 Å². The van der Waals surface area contributed by atoms with Gasteiger partial charge in [0.05, 0.1) is 17.2 Å². The van der Waals surface area contributed by atoms with Crippen molar-refractivity contribution in [3.05, 3.63) is 70.8 Å². The number of piperazine rings is 1. The van der Waals surface area contributed by atoms with Gasteiger partial charge in [-0.1, -0.05) is 30.3 Å². The Balaban J connectivity index is 1.36. The zero-order valence-electron chi connectivity index (χ0n) is 17.3. The zero-order chi connectivity index (χ0) is 20.9. The van der Waals surface area contributed by atoms with Crippen LogP contribution in [0.3, 0.4) is 0 Å². The van der Waals surface area contributed by atoms with Crippen molar-refractivity contribution in [1.29, 1.82) is 0 Å². The first kappa shape index (κ1) is 20.1. The monoisotopic (exact) mass is 405 g/mol. The number of aryl methyl sites for hydroxylation is 1. The molecule has 0 unspecified atom stereocenters. The lowest BCUT2D eigenvalue weighted by atomic mass is 10.1. The number of anilines is 1. The fourth-order valence-electron chi connectivity index (χ4n) is 3.79. The summed E-state index contributed by atoms with van der Waals surface area (Å²) >= 11 is 0. The van der Waals surface area contributed by atoms with Gasteiger partial charge in [0.15, 0.2) is 0 Å². The lowest BCUT2D eigenvalue weighted by Gasteiger charge is -2.35. The van der Waals surface area contributed by atoms with Crippen LogP contribution in [0.1, 0.15) is 12.0 Å². The van der Waals surface area contributed by atoms with Gasteiger partial charge in [0.1, 0.15) is 0 Å². The van der Waals surface area contributed by atoms with E-state index in [1.807, 2.05) is 30.3 Å². The molecule has 0 bridgehead atoms. The molecule has 1 amide bonds. The van der Waals surface area contributed by atoms with Crippen LogP contribution in [-0.4, -0.2) is 53.6 Å². The Hall–Kier alpha value is -3.19. The predicted molar refractivity (Wildman–Crippen MR) is 119 cm³/mol. The number of carbonyl (C=O) groups excluding carboxylic acids is 1. The Bertz CT molecular complexity index is 1090. The number of nitrogens with one attached hydrogen (secondary N) is 1. The van der Waals surface area contributed by atoms with Crippen LogP contribution in [0.5, 0.6) is 0 Å². The van der Waals surface area contributed by atoms with Gasteiger partial charge in [-0.2, -0.15) is 0 Å². The summed E-state index contributed by atoms with van der Waals surface area (Å²) in [5, 5.41) is 3.57. The van der Waals surface area contributed by atoms with E-state index in [4.69, 9.17) is 0 Å². The fourth-order valence-corrected chi connectivity index (χ4v) is 3.79. The SMILES string of the molecule is CN1CCN(c2ccccc2CNC(=O)CCn2cnc3ccccc3c2=O)CC1. The molecule has 1 aromatic heterocycles. The topological polar surface area (TPSA) is 70.5 Å². The second-order valence-electron chi connectivity index (χ2n) is 7.71. The van der Waals surface area contributed by atoms with Crippen molar-refractivity contribution in [3.63, 3.8) is 0 Å². The second-order valence-corrected chi connectivity index (χ2v) is 7.71. The molecule has 0 radical (unpaired) electrons. The van der Waals surface area contributed by atoms with E-state index in [-0.39, 0.29) is 17.9 Å². The summed E-state index contributed by atoms with van der Waals surface area (Å²) in [6.45, 7) is 4.83. The molecule has 156 valence electrons. The second kappa shape index (κ2) is 9.09. The van der Waals surface area contributed by atoms with E-state index in [2.05, 4.69) is 39.3 Å². The Morgan fingerprint density at radius 2 is 1.77 bits per heavy atom. The number of fused-ring (bicyclic) bond motifs is 1. The quantitative estimate of drug-likeness (QED) is 0.678. The maximum atomic E-state index is 12.5. The van der Waals surface area contributed by atoms with Gasteiger partial charge in [-0.15, -0.1) is 0 Å². The Morgan fingerprint density at radius 1 is 1.03 bits per heavy atom. The van der Waals surface area contributed by atoms with Gasteiger partial charge in [0, 0.05) is 51.4 Å². The van der Waals surface area contributed by atoms with Crippen molar-refractivity contribution < 1.29 is 4.79 Å². The van der Waals surface area contributed by atoms with E-state index in [9.17, 15) is 9.59 Å². The van der Waals surface area contributed by atoms with Crippen molar-refractivity contribution >= 4 is 22.5 Å². The molecule has 0 spiro atoms. The van der Waals surface area contributed by atoms with Gasteiger partial charge in [-0.3, -0.25) is 14.2 Å². The van der Waals surface area contributed by atoms with E-state index >= 15 is 0 Å². The third-order valence-electron chi connectivity index (χ3n) is 5.62. The number of para-hydroxylation sites is 2. The summed E-state index contributed by atoms with van der Waals surface area (Å²) in [6.07, 6.45) is 1.75. The number of aromatic nitrogens is 2. The van der Waals surface area contributed by atoms with Crippen LogP contribution in [0.25, 0.3) is 10.9 Å². The van der Waals surface area contributed by atoms with Crippen LogP contribution in [0.4, 0.5) is 5.69 Å². The van der Waals surface area contributed by atoms with Crippen LogP contribution in [0.2, 0.25) is 0 Å². The Morgan fingerprint density at radius 3 is 2.60 bits per heavy atom. The number of amides is 1. The van der Waals surface area contributed by atoms with Crippen LogP contribution in [0, 0.1) is 0 Å². The summed E-state index contributed by atoms with van der Waals surface area (Å²) in [4.78, 5) is 34.0. The summed E-state index contributed by atoms with van der Waals surface area (Å²) in [6, 6.07) is 15.5. The maximum Gasteiger partial charge on any atom is 0.261 e. The lowest BCUT2D eigenvalue weighted by Crippen LogP contribution is -2.45. The molecule has 0 saturated carbocycles. The third-order valence-corrected chi connectivity index (χ3v) is 5.62. The minimum atomic E-state index is -0.117. The van der Waals surface area contributed by atoms with Gasteiger partial charge in [0.25, 0.3) is 5.56 Å². The molecule has 1 aliphatic heterocycles.